The summed E-state index contributed by atoms with van der Waals surface area (Å²) in [5, 5.41) is 6.49. The van der Waals surface area contributed by atoms with E-state index in [0.29, 0.717) is 23.9 Å². The van der Waals surface area contributed by atoms with Gasteiger partial charge in [-0.15, -0.1) is 0 Å². The molecule has 134 valence electrons. The average Bonchev–Trinajstić information content (AvgIpc) is 2.62. The van der Waals surface area contributed by atoms with Crippen LogP contribution in [0.3, 0.4) is 0 Å². The molecular formula is C19H25FN4O. The third kappa shape index (κ3) is 5.45. The van der Waals surface area contributed by atoms with Crippen molar-refractivity contribution < 1.29 is 9.13 Å². The van der Waals surface area contributed by atoms with Gasteiger partial charge in [0.15, 0.2) is 5.96 Å². The van der Waals surface area contributed by atoms with E-state index >= 15 is 0 Å². The smallest absolute Gasteiger partial charge is 0.213 e. The highest BCUT2D eigenvalue weighted by Gasteiger charge is 2.10. The van der Waals surface area contributed by atoms with Gasteiger partial charge in [-0.3, -0.25) is 0 Å². The second-order valence-electron chi connectivity index (χ2n) is 5.74. The monoisotopic (exact) mass is 344 g/mol. The van der Waals surface area contributed by atoms with Gasteiger partial charge in [-0.05, 0) is 44.0 Å². The van der Waals surface area contributed by atoms with E-state index in [0.717, 1.165) is 17.8 Å². The van der Waals surface area contributed by atoms with Crippen LogP contribution in [0.25, 0.3) is 0 Å². The van der Waals surface area contributed by atoms with Crippen molar-refractivity contribution in [1.29, 1.82) is 0 Å². The van der Waals surface area contributed by atoms with Crippen LogP contribution < -0.4 is 15.4 Å². The van der Waals surface area contributed by atoms with E-state index in [4.69, 9.17) is 4.74 Å². The van der Waals surface area contributed by atoms with Crippen molar-refractivity contribution in [2.24, 2.45) is 4.99 Å². The molecule has 2 N–H and O–H groups in total. The maximum Gasteiger partial charge on any atom is 0.213 e. The fourth-order valence-electron chi connectivity index (χ4n) is 2.31. The first kappa shape index (κ1) is 18.7. The molecule has 1 aromatic heterocycles. The summed E-state index contributed by atoms with van der Waals surface area (Å²) in [4.78, 5) is 8.89. The van der Waals surface area contributed by atoms with Crippen molar-refractivity contribution in [3.05, 3.63) is 59.0 Å². The van der Waals surface area contributed by atoms with Gasteiger partial charge in [0.05, 0.1) is 25.4 Å². The standard InChI is InChI=1S/C19H25FN4O/c1-5-21-19(22-12-16-7-6-8-18(24-16)25-4)23-14(3)15-10-9-13(2)17(20)11-15/h6-11,14H,5,12H2,1-4H3,(H2,21,22,23). The molecule has 1 heterocycles. The van der Waals surface area contributed by atoms with Gasteiger partial charge in [-0.2, -0.15) is 0 Å². The fraction of sp³-hybridized carbons (Fsp3) is 0.368. The Morgan fingerprint density at radius 1 is 1.32 bits per heavy atom. The van der Waals surface area contributed by atoms with Crippen molar-refractivity contribution in [1.82, 2.24) is 15.6 Å². The van der Waals surface area contributed by atoms with Crippen LogP contribution in [0.15, 0.2) is 41.4 Å². The minimum absolute atomic E-state index is 0.0776. The summed E-state index contributed by atoms with van der Waals surface area (Å²) in [7, 11) is 1.59. The molecule has 0 aliphatic rings. The number of benzene rings is 1. The van der Waals surface area contributed by atoms with Gasteiger partial charge in [-0.25, -0.2) is 14.4 Å². The Kier molecular flexibility index (Phi) is 6.74. The van der Waals surface area contributed by atoms with Gasteiger partial charge >= 0.3 is 0 Å². The van der Waals surface area contributed by atoms with Crippen molar-refractivity contribution in [2.45, 2.75) is 33.4 Å². The number of aromatic nitrogens is 1. The van der Waals surface area contributed by atoms with E-state index in [-0.39, 0.29) is 11.9 Å². The maximum absolute atomic E-state index is 13.8. The number of aryl methyl sites for hydroxylation is 1. The molecule has 0 amide bonds. The number of nitrogens with one attached hydrogen (secondary N) is 2. The third-order valence-corrected chi connectivity index (χ3v) is 3.78. The Labute approximate surface area is 148 Å². The minimum Gasteiger partial charge on any atom is -0.481 e. The molecule has 0 aliphatic carbocycles. The van der Waals surface area contributed by atoms with Gasteiger partial charge in [0.1, 0.15) is 5.82 Å². The number of methoxy groups -OCH3 is 1. The predicted molar refractivity (Wildman–Crippen MR) is 98.3 cm³/mol. The maximum atomic E-state index is 13.8. The molecule has 0 fully saturated rings. The SMILES string of the molecule is CCNC(=NCc1cccc(OC)n1)NC(C)c1ccc(C)c(F)c1. The summed E-state index contributed by atoms with van der Waals surface area (Å²) in [5.74, 6) is 1.02. The van der Waals surface area contributed by atoms with Gasteiger partial charge in [0, 0.05) is 12.6 Å². The van der Waals surface area contributed by atoms with Crippen molar-refractivity contribution in [3.8, 4) is 5.88 Å². The quantitative estimate of drug-likeness (QED) is 0.623. The van der Waals surface area contributed by atoms with E-state index in [9.17, 15) is 4.39 Å². The molecule has 2 rings (SSSR count). The van der Waals surface area contributed by atoms with Crippen molar-refractivity contribution in [3.63, 3.8) is 0 Å². The van der Waals surface area contributed by atoms with Crippen LogP contribution in [0.5, 0.6) is 5.88 Å². The number of nitrogens with zero attached hydrogens (tertiary/aromatic N) is 2. The lowest BCUT2D eigenvalue weighted by Crippen LogP contribution is -2.38. The van der Waals surface area contributed by atoms with Crippen LogP contribution >= 0.6 is 0 Å². The lowest BCUT2D eigenvalue weighted by atomic mass is 10.1. The van der Waals surface area contributed by atoms with E-state index in [2.05, 4.69) is 20.6 Å². The lowest BCUT2D eigenvalue weighted by molar-refractivity contribution is 0.396. The number of hydrogen-bond donors (Lipinski definition) is 2. The Hall–Kier alpha value is -2.63. The topological polar surface area (TPSA) is 58.5 Å². The number of hydrogen-bond acceptors (Lipinski definition) is 3. The zero-order chi connectivity index (χ0) is 18.2. The Bertz CT molecular complexity index is 733. The molecule has 6 heteroatoms. The molecule has 0 saturated carbocycles. The lowest BCUT2D eigenvalue weighted by Gasteiger charge is -2.18. The molecule has 0 spiro atoms. The number of aliphatic imine (C=N–C) groups is 1. The number of pyridine rings is 1. The van der Waals surface area contributed by atoms with E-state index in [1.54, 1.807) is 32.2 Å². The van der Waals surface area contributed by atoms with Crippen LogP contribution in [-0.4, -0.2) is 24.6 Å². The normalized spacial score (nSPS) is 12.6. The summed E-state index contributed by atoms with van der Waals surface area (Å²) in [6, 6.07) is 10.8. The average molecular weight is 344 g/mol. The fourth-order valence-corrected chi connectivity index (χ4v) is 2.31. The van der Waals surface area contributed by atoms with Crippen LogP contribution in [0.1, 0.15) is 36.7 Å². The predicted octanol–water partition coefficient (Wildman–Crippen LogP) is 3.35. The van der Waals surface area contributed by atoms with E-state index < -0.39 is 0 Å². The van der Waals surface area contributed by atoms with Gasteiger partial charge in [0.25, 0.3) is 0 Å². The van der Waals surface area contributed by atoms with Crippen LogP contribution in [-0.2, 0) is 6.54 Å². The highest BCUT2D eigenvalue weighted by molar-refractivity contribution is 5.80. The highest BCUT2D eigenvalue weighted by atomic mass is 19.1. The summed E-state index contributed by atoms with van der Waals surface area (Å²) in [6.07, 6.45) is 0. The van der Waals surface area contributed by atoms with Gasteiger partial charge < -0.3 is 15.4 Å². The second-order valence-corrected chi connectivity index (χ2v) is 5.74. The molecule has 0 radical (unpaired) electrons. The van der Waals surface area contributed by atoms with Crippen LogP contribution in [0.4, 0.5) is 4.39 Å². The first-order chi connectivity index (χ1) is 12.0. The van der Waals surface area contributed by atoms with E-state index in [1.165, 1.54) is 0 Å². The molecule has 5 nitrogen and oxygen atoms in total. The number of halogens is 1. The molecule has 0 saturated heterocycles. The molecule has 1 unspecified atom stereocenters. The summed E-state index contributed by atoms with van der Waals surface area (Å²) in [5.41, 5.74) is 2.32. The summed E-state index contributed by atoms with van der Waals surface area (Å²) in [6.45, 7) is 6.87. The summed E-state index contributed by atoms with van der Waals surface area (Å²) >= 11 is 0. The zero-order valence-electron chi connectivity index (χ0n) is 15.1. The van der Waals surface area contributed by atoms with Crippen molar-refractivity contribution in [2.75, 3.05) is 13.7 Å². The third-order valence-electron chi connectivity index (χ3n) is 3.78. The highest BCUT2D eigenvalue weighted by Crippen LogP contribution is 2.16. The first-order valence-electron chi connectivity index (χ1n) is 8.34. The second kappa shape index (κ2) is 9.01. The van der Waals surface area contributed by atoms with Gasteiger partial charge in [0.2, 0.25) is 5.88 Å². The van der Waals surface area contributed by atoms with Gasteiger partial charge in [-0.1, -0.05) is 18.2 Å². The molecule has 25 heavy (non-hydrogen) atoms. The summed E-state index contributed by atoms with van der Waals surface area (Å²) < 4.78 is 18.9. The van der Waals surface area contributed by atoms with Crippen molar-refractivity contribution >= 4 is 5.96 Å². The molecule has 0 aliphatic heterocycles. The molecule has 0 bridgehead atoms. The molecule has 1 aromatic carbocycles. The number of ether oxygens (including phenoxy) is 1. The number of rotatable bonds is 6. The minimum atomic E-state index is -0.200. The molecule has 1 atom stereocenters. The number of guanidine groups is 1. The first-order valence-corrected chi connectivity index (χ1v) is 8.34. The Morgan fingerprint density at radius 3 is 2.80 bits per heavy atom. The van der Waals surface area contributed by atoms with E-state index in [1.807, 2.05) is 32.0 Å². The largest absolute Gasteiger partial charge is 0.481 e. The van der Waals surface area contributed by atoms with Crippen LogP contribution in [0.2, 0.25) is 0 Å². The Morgan fingerprint density at radius 2 is 2.12 bits per heavy atom. The zero-order valence-corrected chi connectivity index (χ0v) is 15.1. The Balaban J connectivity index is 2.09. The molecule has 2 aromatic rings. The molecular weight excluding hydrogens is 319 g/mol. The van der Waals surface area contributed by atoms with Crippen LogP contribution in [0, 0.1) is 12.7 Å².